The summed E-state index contributed by atoms with van der Waals surface area (Å²) in [5.74, 6) is 1.25. The zero-order valence-corrected chi connectivity index (χ0v) is 11.5. The first-order valence-electron chi connectivity index (χ1n) is 5.86. The van der Waals surface area contributed by atoms with Crippen molar-refractivity contribution in [2.24, 2.45) is 0 Å². The van der Waals surface area contributed by atoms with Crippen molar-refractivity contribution >= 4 is 0 Å². The van der Waals surface area contributed by atoms with E-state index in [-0.39, 0.29) is 0 Å². The molecule has 2 heteroatoms. The fourth-order valence-electron chi connectivity index (χ4n) is 1.46. The molecule has 16 heavy (non-hydrogen) atoms. The van der Waals surface area contributed by atoms with Gasteiger partial charge in [0.15, 0.2) is 0 Å². The molecular weight excluding hydrogens is 196 g/mol. The minimum Gasteiger partial charge on any atom is -0.364 e. The Morgan fingerprint density at radius 2 is 1.88 bits per heavy atom. The molecule has 0 aromatic rings. The molecule has 0 unspecified atom stereocenters. The van der Waals surface area contributed by atoms with Crippen molar-refractivity contribution in [3.63, 3.8) is 0 Å². The molecule has 0 spiro atoms. The van der Waals surface area contributed by atoms with Crippen molar-refractivity contribution < 1.29 is 0 Å². The SMILES string of the molecule is C=CCCCN(C)/C(=C\C(C)=CC)N(C)C. The molecule has 0 atom stereocenters. The van der Waals surface area contributed by atoms with Crippen LogP contribution in [0.25, 0.3) is 0 Å². The van der Waals surface area contributed by atoms with Gasteiger partial charge in [-0.05, 0) is 32.8 Å². The molecule has 0 aromatic carbocycles. The summed E-state index contributed by atoms with van der Waals surface area (Å²) in [4.78, 5) is 4.44. The van der Waals surface area contributed by atoms with E-state index < -0.39 is 0 Å². The first-order chi connectivity index (χ1) is 7.52. The molecule has 92 valence electrons. The first kappa shape index (κ1) is 14.8. The van der Waals surface area contributed by atoms with Crippen LogP contribution in [0.5, 0.6) is 0 Å². The van der Waals surface area contributed by atoms with Crippen LogP contribution >= 0.6 is 0 Å². The maximum Gasteiger partial charge on any atom is 0.103 e. The largest absolute Gasteiger partial charge is 0.364 e. The maximum absolute atomic E-state index is 3.75. The van der Waals surface area contributed by atoms with E-state index in [2.05, 4.69) is 63.5 Å². The van der Waals surface area contributed by atoms with Crippen LogP contribution in [-0.2, 0) is 0 Å². The Balaban J connectivity index is 4.53. The molecule has 0 N–H and O–H groups in total. The Kier molecular flexibility index (Phi) is 7.44. The number of allylic oxidation sites excluding steroid dienone is 4. The highest BCUT2D eigenvalue weighted by Crippen LogP contribution is 2.10. The monoisotopic (exact) mass is 222 g/mol. The van der Waals surface area contributed by atoms with Crippen molar-refractivity contribution in [1.82, 2.24) is 9.80 Å². The van der Waals surface area contributed by atoms with Gasteiger partial charge in [-0.1, -0.05) is 17.7 Å². The van der Waals surface area contributed by atoms with Crippen LogP contribution < -0.4 is 0 Å². The van der Waals surface area contributed by atoms with Gasteiger partial charge in [0.05, 0.1) is 0 Å². The van der Waals surface area contributed by atoms with E-state index in [1.807, 2.05) is 6.08 Å². The van der Waals surface area contributed by atoms with Gasteiger partial charge in [-0.15, -0.1) is 6.58 Å². The smallest absolute Gasteiger partial charge is 0.103 e. The molecule has 0 aliphatic heterocycles. The average Bonchev–Trinajstić information content (AvgIpc) is 2.25. The van der Waals surface area contributed by atoms with E-state index in [4.69, 9.17) is 0 Å². The van der Waals surface area contributed by atoms with Crippen molar-refractivity contribution in [3.05, 3.63) is 36.2 Å². The molecule has 0 aliphatic rings. The summed E-state index contributed by atoms with van der Waals surface area (Å²) in [6.07, 6.45) is 8.55. The predicted octanol–water partition coefficient (Wildman–Crippen LogP) is 3.25. The number of hydrogen-bond donors (Lipinski definition) is 0. The van der Waals surface area contributed by atoms with E-state index >= 15 is 0 Å². The number of hydrogen-bond acceptors (Lipinski definition) is 2. The maximum atomic E-state index is 3.75. The summed E-state index contributed by atoms with van der Waals surface area (Å²) >= 11 is 0. The van der Waals surface area contributed by atoms with Gasteiger partial charge < -0.3 is 9.80 Å². The normalized spacial score (nSPS) is 12.6. The van der Waals surface area contributed by atoms with Gasteiger partial charge in [0, 0.05) is 27.7 Å². The van der Waals surface area contributed by atoms with Crippen LogP contribution in [-0.4, -0.2) is 37.5 Å². The van der Waals surface area contributed by atoms with Crippen LogP contribution in [0, 0.1) is 0 Å². The van der Waals surface area contributed by atoms with Crippen LogP contribution in [0.4, 0.5) is 0 Å². The molecule has 0 saturated heterocycles. The van der Waals surface area contributed by atoms with Gasteiger partial charge in [-0.3, -0.25) is 0 Å². The highest BCUT2D eigenvalue weighted by Gasteiger charge is 2.05. The Labute approximate surface area is 101 Å². The van der Waals surface area contributed by atoms with Gasteiger partial charge in [0.1, 0.15) is 5.82 Å². The van der Waals surface area contributed by atoms with Crippen molar-refractivity contribution in [1.29, 1.82) is 0 Å². The Morgan fingerprint density at radius 1 is 1.25 bits per heavy atom. The summed E-state index contributed by atoms with van der Waals surface area (Å²) in [6, 6.07) is 0. The van der Waals surface area contributed by atoms with E-state index in [9.17, 15) is 0 Å². The van der Waals surface area contributed by atoms with E-state index in [0.29, 0.717) is 0 Å². The topological polar surface area (TPSA) is 6.48 Å². The van der Waals surface area contributed by atoms with Crippen molar-refractivity contribution in [2.45, 2.75) is 26.7 Å². The molecule has 2 nitrogen and oxygen atoms in total. The lowest BCUT2D eigenvalue weighted by Gasteiger charge is -2.28. The van der Waals surface area contributed by atoms with Crippen molar-refractivity contribution in [3.8, 4) is 0 Å². The summed E-state index contributed by atoms with van der Waals surface area (Å²) < 4.78 is 0. The zero-order chi connectivity index (χ0) is 12.6. The predicted molar refractivity (Wildman–Crippen MR) is 73.3 cm³/mol. The fraction of sp³-hybridized carbons (Fsp3) is 0.571. The number of rotatable bonds is 7. The first-order valence-corrected chi connectivity index (χ1v) is 5.86. The standard InChI is InChI=1S/C14H26N2/c1-7-9-10-11-16(6)14(15(4)5)12-13(3)8-2/h7-8,12H,1,9-11H2,2-6H3/b13-8?,14-12-. The molecule has 0 fully saturated rings. The third kappa shape index (κ3) is 5.64. The molecule has 0 radical (unpaired) electrons. The molecule has 0 aromatic heterocycles. The molecule has 0 heterocycles. The quantitative estimate of drug-likeness (QED) is 0.370. The van der Waals surface area contributed by atoms with Crippen LogP contribution in [0.2, 0.25) is 0 Å². The summed E-state index contributed by atoms with van der Waals surface area (Å²) in [6.45, 7) is 9.00. The third-order valence-corrected chi connectivity index (χ3v) is 2.56. The molecule has 0 aliphatic carbocycles. The highest BCUT2D eigenvalue weighted by atomic mass is 15.3. The molecule has 0 rings (SSSR count). The van der Waals surface area contributed by atoms with E-state index in [0.717, 1.165) is 19.4 Å². The van der Waals surface area contributed by atoms with Gasteiger partial charge in [-0.2, -0.15) is 0 Å². The fourth-order valence-corrected chi connectivity index (χ4v) is 1.46. The van der Waals surface area contributed by atoms with Gasteiger partial charge in [-0.25, -0.2) is 0 Å². The highest BCUT2D eigenvalue weighted by molar-refractivity contribution is 5.19. The molecule has 0 amide bonds. The van der Waals surface area contributed by atoms with Gasteiger partial charge in [0.25, 0.3) is 0 Å². The van der Waals surface area contributed by atoms with Crippen molar-refractivity contribution in [2.75, 3.05) is 27.7 Å². The second-order valence-corrected chi connectivity index (χ2v) is 4.28. The van der Waals surface area contributed by atoms with Gasteiger partial charge in [0.2, 0.25) is 0 Å². The lowest BCUT2D eigenvalue weighted by atomic mass is 10.2. The minimum absolute atomic E-state index is 1.06. The Morgan fingerprint density at radius 3 is 2.31 bits per heavy atom. The molecule has 0 saturated carbocycles. The minimum atomic E-state index is 1.06. The number of nitrogens with zero attached hydrogens (tertiary/aromatic N) is 2. The lowest BCUT2D eigenvalue weighted by Crippen LogP contribution is -2.28. The third-order valence-electron chi connectivity index (χ3n) is 2.56. The van der Waals surface area contributed by atoms with Crippen LogP contribution in [0.15, 0.2) is 36.2 Å². The Bertz CT molecular complexity index is 262. The van der Waals surface area contributed by atoms with Crippen LogP contribution in [0.3, 0.4) is 0 Å². The Hall–Kier alpha value is -1.18. The molecule has 0 bridgehead atoms. The van der Waals surface area contributed by atoms with Crippen LogP contribution in [0.1, 0.15) is 26.7 Å². The second-order valence-electron chi connectivity index (χ2n) is 4.28. The summed E-state index contributed by atoms with van der Waals surface area (Å²) in [5, 5.41) is 0. The number of unbranched alkanes of at least 4 members (excludes halogenated alkanes) is 1. The summed E-state index contributed by atoms with van der Waals surface area (Å²) in [7, 11) is 6.30. The second kappa shape index (κ2) is 8.03. The van der Waals surface area contributed by atoms with Gasteiger partial charge >= 0.3 is 0 Å². The zero-order valence-electron chi connectivity index (χ0n) is 11.5. The molecular formula is C14H26N2. The lowest BCUT2D eigenvalue weighted by molar-refractivity contribution is 0.297. The van der Waals surface area contributed by atoms with E-state index in [1.165, 1.54) is 11.4 Å². The average molecular weight is 222 g/mol. The summed E-state index contributed by atoms with van der Waals surface area (Å²) in [5.41, 5.74) is 1.29. The van der Waals surface area contributed by atoms with E-state index in [1.54, 1.807) is 0 Å².